The molecule has 0 aliphatic heterocycles. The Hall–Kier alpha value is -1.08. The van der Waals surface area contributed by atoms with Gasteiger partial charge in [0.1, 0.15) is 0 Å². The fraction of sp³-hybridized carbons (Fsp3) is 0.800. The molecular formula is C10H18N2O2. The average Bonchev–Trinajstić information content (AvgIpc) is 2.13. The van der Waals surface area contributed by atoms with Crippen LogP contribution in [-0.4, -0.2) is 26.2 Å². The lowest BCUT2D eigenvalue weighted by molar-refractivity contribution is -0.122. The molecule has 0 saturated carbocycles. The van der Waals surface area contributed by atoms with Gasteiger partial charge < -0.3 is 10.1 Å². The van der Waals surface area contributed by atoms with Crippen molar-refractivity contribution < 1.29 is 9.53 Å². The molecular weight excluding hydrogens is 180 g/mol. The van der Waals surface area contributed by atoms with Gasteiger partial charge in [0.2, 0.25) is 5.91 Å². The molecule has 0 aromatic rings. The van der Waals surface area contributed by atoms with Gasteiger partial charge in [-0.25, -0.2) is 0 Å². The Morgan fingerprint density at radius 1 is 1.64 bits per heavy atom. The molecule has 0 aromatic heterocycles. The third-order valence-corrected chi connectivity index (χ3v) is 1.77. The van der Waals surface area contributed by atoms with Crippen molar-refractivity contribution in [3.05, 3.63) is 0 Å². The number of carbonyl (C=O) groups excluding carboxylic acids is 1. The van der Waals surface area contributed by atoms with E-state index in [4.69, 9.17) is 10.00 Å². The molecule has 0 aliphatic carbocycles. The first-order valence-electron chi connectivity index (χ1n) is 4.83. The molecule has 4 heteroatoms. The summed E-state index contributed by atoms with van der Waals surface area (Å²) < 4.78 is 4.92. The Morgan fingerprint density at radius 3 is 2.93 bits per heavy atom. The predicted octanol–water partition coefficient (Wildman–Crippen LogP) is 1.08. The van der Waals surface area contributed by atoms with Crippen LogP contribution in [0.25, 0.3) is 0 Å². The summed E-state index contributed by atoms with van der Waals surface area (Å²) in [6.07, 6.45) is 1.70. The normalized spacial score (nSPS) is 11.8. The van der Waals surface area contributed by atoms with E-state index < -0.39 is 0 Å². The van der Waals surface area contributed by atoms with E-state index >= 15 is 0 Å². The lowest BCUT2D eigenvalue weighted by atomic mass is 10.1. The lowest BCUT2D eigenvalue weighted by Crippen LogP contribution is -2.26. The lowest BCUT2D eigenvalue weighted by Gasteiger charge is -2.09. The van der Waals surface area contributed by atoms with Gasteiger partial charge in [-0.3, -0.25) is 4.79 Å². The molecule has 1 amide bonds. The number of nitriles is 1. The van der Waals surface area contributed by atoms with Crippen molar-refractivity contribution in [3.8, 4) is 6.07 Å². The van der Waals surface area contributed by atoms with Gasteiger partial charge in [0, 0.05) is 33.1 Å². The summed E-state index contributed by atoms with van der Waals surface area (Å²) in [4.78, 5) is 11.2. The highest BCUT2D eigenvalue weighted by Crippen LogP contribution is 2.01. The molecule has 0 spiro atoms. The minimum absolute atomic E-state index is 0.0347. The number of carbonyl (C=O) groups is 1. The second-order valence-electron chi connectivity index (χ2n) is 3.38. The largest absolute Gasteiger partial charge is 0.384 e. The molecule has 0 radical (unpaired) electrons. The quantitative estimate of drug-likeness (QED) is 0.623. The Balaban J connectivity index is 3.41. The van der Waals surface area contributed by atoms with E-state index in [9.17, 15) is 4.79 Å². The number of nitrogens with zero attached hydrogens (tertiary/aromatic N) is 1. The van der Waals surface area contributed by atoms with Crippen LogP contribution in [-0.2, 0) is 9.53 Å². The molecule has 1 unspecified atom stereocenters. The number of unbranched alkanes of at least 4 members (excludes halogenated alkanes) is 1. The molecule has 0 saturated heterocycles. The Kier molecular flexibility index (Phi) is 7.86. The maximum Gasteiger partial charge on any atom is 0.220 e. The van der Waals surface area contributed by atoms with Crippen LogP contribution in [0.1, 0.15) is 26.2 Å². The summed E-state index contributed by atoms with van der Waals surface area (Å²) in [5.41, 5.74) is 0. The molecule has 1 atom stereocenters. The van der Waals surface area contributed by atoms with Crippen LogP contribution in [0.4, 0.5) is 0 Å². The van der Waals surface area contributed by atoms with Crippen LogP contribution >= 0.6 is 0 Å². The number of hydrogen-bond acceptors (Lipinski definition) is 3. The highest BCUT2D eigenvalue weighted by Gasteiger charge is 2.07. The number of methoxy groups -OCH3 is 1. The number of rotatable bonds is 7. The molecule has 4 nitrogen and oxygen atoms in total. The average molecular weight is 198 g/mol. The molecule has 14 heavy (non-hydrogen) atoms. The van der Waals surface area contributed by atoms with Crippen molar-refractivity contribution in [1.82, 2.24) is 5.32 Å². The second-order valence-corrected chi connectivity index (χ2v) is 3.38. The SMILES string of the molecule is COCC(C)CC(=O)NCCCC#N. The van der Waals surface area contributed by atoms with Crippen molar-refractivity contribution >= 4 is 5.91 Å². The standard InChI is InChI=1S/C10H18N2O2/c1-9(8-14-2)7-10(13)12-6-4-3-5-11/h9H,3-4,6-8H2,1-2H3,(H,12,13). The molecule has 0 aromatic carbocycles. The van der Waals surface area contributed by atoms with Crippen LogP contribution in [0.2, 0.25) is 0 Å². The third-order valence-electron chi connectivity index (χ3n) is 1.77. The van der Waals surface area contributed by atoms with E-state index in [1.165, 1.54) is 0 Å². The van der Waals surface area contributed by atoms with Crippen LogP contribution < -0.4 is 5.32 Å². The summed E-state index contributed by atoms with van der Waals surface area (Å²) >= 11 is 0. The summed E-state index contributed by atoms with van der Waals surface area (Å²) in [7, 11) is 1.63. The first-order chi connectivity index (χ1) is 6.70. The van der Waals surface area contributed by atoms with Crippen molar-refractivity contribution in [1.29, 1.82) is 5.26 Å². The zero-order valence-electron chi connectivity index (χ0n) is 8.88. The van der Waals surface area contributed by atoms with Gasteiger partial charge in [0.05, 0.1) is 6.07 Å². The molecule has 0 aliphatic rings. The van der Waals surface area contributed by atoms with E-state index in [2.05, 4.69) is 5.32 Å². The van der Waals surface area contributed by atoms with Gasteiger partial charge in [-0.1, -0.05) is 6.92 Å². The van der Waals surface area contributed by atoms with Gasteiger partial charge >= 0.3 is 0 Å². The summed E-state index contributed by atoms with van der Waals surface area (Å²) in [5.74, 6) is 0.281. The van der Waals surface area contributed by atoms with Gasteiger partial charge in [0.25, 0.3) is 0 Å². The van der Waals surface area contributed by atoms with Crippen LogP contribution in [0.15, 0.2) is 0 Å². The minimum atomic E-state index is 0.0347. The zero-order valence-corrected chi connectivity index (χ0v) is 8.88. The van der Waals surface area contributed by atoms with Gasteiger partial charge in [-0.2, -0.15) is 5.26 Å². The van der Waals surface area contributed by atoms with E-state index in [-0.39, 0.29) is 11.8 Å². The predicted molar refractivity (Wildman–Crippen MR) is 53.5 cm³/mol. The fourth-order valence-corrected chi connectivity index (χ4v) is 1.13. The fourth-order valence-electron chi connectivity index (χ4n) is 1.13. The summed E-state index contributed by atoms with van der Waals surface area (Å²) in [6.45, 7) is 3.16. The maximum absolute atomic E-state index is 11.2. The number of ether oxygens (including phenoxy) is 1. The van der Waals surface area contributed by atoms with Crippen LogP contribution in [0, 0.1) is 17.2 Å². The Labute approximate surface area is 85.2 Å². The van der Waals surface area contributed by atoms with E-state index in [1.54, 1.807) is 7.11 Å². The molecule has 1 N–H and O–H groups in total. The van der Waals surface area contributed by atoms with E-state index in [0.717, 1.165) is 6.42 Å². The number of hydrogen-bond donors (Lipinski definition) is 1. The van der Waals surface area contributed by atoms with Gasteiger partial charge in [0.15, 0.2) is 0 Å². The summed E-state index contributed by atoms with van der Waals surface area (Å²) in [6, 6.07) is 2.03. The molecule has 0 heterocycles. The van der Waals surface area contributed by atoms with Gasteiger partial charge in [-0.05, 0) is 12.3 Å². The van der Waals surface area contributed by atoms with Crippen LogP contribution in [0.5, 0.6) is 0 Å². The third kappa shape index (κ3) is 7.56. The molecule has 0 bridgehead atoms. The minimum Gasteiger partial charge on any atom is -0.384 e. The van der Waals surface area contributed by atoms with E-state index in [1.807, 2.05) is 13.0 Å². The summed E-state index contributed by atoms with van der Waals surface area (Å²) in [5, 5.41) is 11.0. The Morgan fingerprint density at radius 2 is 2.36 bits per heavy atom. The number of amides is 1. The highest BCUT2D eigenvalue weighted by molar-refractivity contribution is 5.76. The van der Waals surface area contributed by atoms with Crippen molar-refractivity contribution in [3.63, 3.8) is 0 Å². The van der Waals surface area contributed by atoms with Crippen molar-refractivity contribution in [2.45, 2.75) is 26.2 Å². The van der Waals surface area contributed by atoms with Crippen LogP contribution in [0.3, 0.4) is 0 Å². The van der Waals surface area contributed by atoms with Crippen molar-refractivity contribution in [2.24, 2.45) is 5.92 Å². The Bertz CT molecular complexity index is 199. The smallest absolute Gasteiger partial charge is 0.220 e. The van der Waals surface area contributed by atoms with Gasteiger partial charge in [-0.15, -0.1) is 0 Å². The first kappa shape index (κ1) is 12.9. The zero-order chi connectivity index (χ0) is 10.8. The number of nitrogens with one attached hydrogen (secondary N) is 1. The van der Waals surface area contributed by atoms with E-state index in [0.29, 0.717) is 26.0 Å². The highest BCUT2D eigenvalue weighted by atomic mass is 16.5. The first-order valence-corrected chi connectivity index (χ1v) is 4.83. The molecule has 0 fully saturated rings. The monoisotopic (exact) mass is 198 g/mol. The van der Waals surface area contributed by atoms with Crippen molar-refractivity contribution in [2.75, 3.05) is 20.3 Å². The topological polar surface area (TPSA) is 62.1 Å². The molecule has 0 rings (SSSR count). The molecule has 80 valence electrons. The maximum atomic E-state index is 11.2. The second kappa shape index (κ2) is 8.52.